The molecule has 25 heavy (non-hydrogen) atoms. The van der Waals surface area contributed by atoms with Crippen molar-refractivity contribution in [2.24, 2.45) is 0 Å². The Kier molecular flexibility index (Phi) is 5.95. The maximum atomic E-state index is 11.8. The fourth-order valence-corrected chi connectivity index (χ4v) is 4.73. The number of halogens is 1. The van der Waals surface area contributed by atoms with Gasteiger partial charge in [-0.1, -0.05) is 11.6 Å². The predicted octanol–water partition coefficient (Wildman–Crippen LogP) is 1.26. The van der Waals surface area contributed by atoms with Crippen molar-refractivity contribution in [3.63, 3.8) is 0 Å². The van der Waals surface area contributed by atoms with Crippen LogP contribution in [0.3, 0.4) is 0 Å². The first-order valence-corrected chi connectivity index (χ1v) is 9.85. The molecule has 1 fully saturated rings. The monoisotopic (exact) mass is 389 g/mol. The molecule has 1 amide bonds. The Morgan fingerprint density at radius 1 is 1.32 bits per heavy atom. The average molecular weight is 390 g/mol. The molecule has 0 aliphatic carbocycles. The fraction of sp³-hybridized carbons (Fsp3) is 0.500. The second kappa shape index (κ2) is 7.61. The summed E-state index contributed by atoms with van der Waals surface area (Å²) in [5.41, 5.74) is -0.00805. The fourth-order valence-electron chi connectivity index (χ4n) is 2.52. The molecular weight excluding hydrogens is 370 g/mol. The predicted molar refractivity (Wildman–Crippen MR) is 92.5 cm³/mol. The van der Waals surface area contributed by atoms with Crippen LogP contribution in [0, 0.1) is 6.92 Å². The highest BCUT2D eigenvalue weighted by atomic mass is 35.5. The van der Waals surface area contributed by atoms with E-state index in [0.717, 1.165) is 5.56 Å². The Hall–Kier alpha value is -1.80. The number of carbonyl (C=O) groups is 2. The highest BCUT2D eigenvalue weighted by Crippen LogP contribution is 2.23. The van der Waals surface area contributed by atoms with Crippen LogP contribution in [0.4, 0.5) is 0 Å². The summed E-state index contributed by atoms with van der Waals surface area (Å²) >= 11 is 5.90. The molecular formula is C16H20ClNO6S. The number of ether oxygens (including phenoxy) is 2. The average Bonchev–Trinajstić information content (AvgIpc) is 2.79. The van der Waals surface area contributed by atoms with Crippen LogP contribution in [-0.4, -0.2) is 50.6 Å². The van der Waals surface area contributed by atoms with Crippen LogP contribution in [0.2, 0.25) is 5.02 Å². The van der Waals surface area contributed by atoms with Crippen molar-refractivity contribution in [2.45, 2.75) is 25.8 Å². The summed E-state index contributed by atoms with van der Waals surface area (Å²) in [6.45, 7) is 2.63. The van der Waals surface area contributed by atoms with Crippen LogP contribution in [0.1, 0.15) is 18.9 Å². The van der Waals surface area contributed by atoms with E-state index in [0.29, 0.717) is 17.2 Å². The number of benzene rings is 1. The van der Waals surface area contributed by atoms with Crippen molar-refractivity contribution >= 4 is 33.3 Å². The van der Waals surface area contributed by atoms with Gasteiger partial charge in [-0.25, -0.2) is 13.2 Å². The first-order chi connectivity index (χ1) is 11.6. The third kappa shape index (κ3) is 5.89. The summed E-state index contributed by atoms with van der Waals surface area (Å²) in [4.78, 5) is 23.5. The largest absolute Gasteiger partial charge is 0.482 e. The van der Waals surface area contributed by atoms with Crippen molar-refractivity contribution in [3.8, 4) is 5.75 Å². The van der Waals surface area contributed by atoms with E-state index >= 15 is 0 Å². The molecule has 1 saturated heterocycles. The molecule has 0 saturated carbocycles. The van der Waals surface area contributed by atoms with Crippen molar-refractivity contribution in [2.75, 3.05) is 24.7 Å². The van der Waals surface area contributed by atoms with E-state index in [9.17, 15) is 18.0 Å². The summed E-state index contributed by atoms with van der Waals surface area (Å²) < 4.78 is 33.1. The number of rotatable bonds is 6. The zero-order valence-corrected chi connectivity index (χ0v) is 15.6. The first kappa shape index (κ1) is 19.5. The molecule has 1 atom stereocenters. The maximum Gasteiger partial charge on any atom is 0.344 e. The molecule has 138 valence electrons. The third-order valence-electron chi connectivity index (χ3n) is 3.79. The zero-order valence-electron chi connectivity index (χ0n) is 14.0. The van der Waals surface area contributed by atoms with E-state index < -0.39 is 33.9 Å². The Bertz CT molecular complexity index is 779. The Morgan fingerprint density at radius 3 is 2.64 bits per heavy atom. The van der Waals surface area contributed by atoms with Crippen LogP contribution >= 0.6 is 11.6 Å². The quantitative estimate of drug-likeness (QED) is 0.735. The Balaban J connectivity index is 1.74. The van der Waals surface area contributed by atoms with Crippen molar-refractivity contribution in [3.05, 3.63) is 28.8 Å². The van der Waals surface area contributed by atoms with E-state index in [-0.39, 0.29) is 18.1 Å². The molecule has 9 heteroatoms. The zero-order chi connectivity index (χ0) is 18.7. The third-order valence-corrected chi connectivity index (χ3v) is 6.12. The summed E-state index contributed by atoms with van der Waals surface area (Å²) in [6, 6.07) is 4.96. The molecule has 1 N–H and O–H groups in total. The van der Waals surface area contributed by atoms with Gasteiger partial charge in [0.25, 0.3) is 5.91 Å². The van der Waals surface area contributed by atoms with Gasteiger partial charge in [0.05, 0.1) is 17.0 Å². The van der Waals surface area contributed by atoms with Gasteiger partial charge in [0.2, 0.25) is 0 Å². The number of sulfone groups is 1. The molecule has 0 spiro atoms. The van der Waals surface area contributed by atoms with Gasteiger partial charge in [-0.05, 0) is 44.0 Å². The van der Waals surface area contributed by atoms with E-state index in [4.69, 9.17) is 21.1 Å². The lowest BCUT2D eigenvalue weighted by Gasteiger charge is -2.23. The summed E-state index contributed by atoms with van der Waals surface area (Å²) in [7, 11) is -3.13. The molecule has 0 unspecified atom stereocenters. The molecule has 0 aromatic heterocycles. The van der Waals surface area contributed by atoms with Gasteiger partial charge < -0.3 is 14.8 Å². The van der Waals surface area contributed by atoms with E-state index in [2.05, 4.69) is 5.32 Å². The van der Waals surface area contributed by atoms with Gasteiger partial charge >= 0.3 is 5.97 Å². The number of carbonyl (C=O) groups excluding carboxylic acids is 2. The molecule has 7 nitrogen and oxygen atoms in total. The molecule has 2 rings (SSSR count). The maximum absolute atomic E-state index is 11.8. The SMILES string of the molecule is Cc1cc(OCC(=O)OCC(=O)N[C@@]2(C)CCS(=O)(=O)C2)ccc1Cl. The van der Waals surface area contributed by atoms with Crippen molar-refractivity contribution in [1.29, 1.82) is 0 Å². The lowest BCUT2D eigenvalue weighted by Crippen LogP contribution is -2.48. The van der Waals surface area contributed by atoms with E-state index in [1.807, 2.05) is 6.92 Å². The van der Waals surface area contributed by atoms with Crippen molar-refractivity contribution < 1.29 is 27.5 Å². The molecule has 1 aliphatic rings. The number of hydrogen-bond donors (Lipinski definition) is 1. The minimum atomic E-state index is -3.13. The van der Waals surface area contributed by atoms with Gasteiger partial charge in [-0.3, -0.25) is 4.79 Å². The number of nitrogens with one attached hydrogen (secondary N) is 1. The number of esters is 1. The van der Waals surface area contributed by atoms with E-state index in [1.54, 1.807) is 25.1 Å². The topological polar surface area (TPSA) is 98.8 Å². The highest BCUT2D eigenvalue weighted by Gasteiger charge is 2.39. The number of amides is 1. The second-order valence-electron chi connectivity index (χ2n) is 6.31. The first-order valence-electron chi connectivity index (χ1n) is 7.65. The van der Waals surface area contributed by atoms with E-state index in [1.165, 1.54) is 0 Å². The van der Waals surface area contributed by atoms with Gasteiger partial charge in [0.15, 0.2) is 23.1 Å². The van der Waals surface area contributed by atoms with Gasteiger partial charge in [0.1, 0.15) is 5.75 Å². The van der Waals surface area contributed by atoms with Gasteiger partial charge in [-0.2, -0.15) is 0 Å². The lowest BCUT2D eigenvalue weighted by atomic mass is 10.0. The Labute approximate surface area is 151 Å². The standard InChI is InChI=1S/C16H20ClNO6S/c1-11-7-12(3-4-13(11)17)23-9-15(20)24-8-14(19)18-16(2)5-6-25(21,22)10-16/h3-4,7H,5-6,8-10H2,1-2H3,(H,18,19)/t16-/m0/s1. The minimum Gasteiger partial charge on any atom is -0.482 e. The van der Waals surface area contributed by atoms with Crippen LogP contribution in [0.5, 0.6) is 5.75 Å². The normalized spacial score (nSPS) is 21.6. The van der Waals surface area contributed by atoms with Gasteiger partial charge in [-0.15, -0.1) is 0 Å². The lowest BCUT2D eigenvalue weighted by molar-refractivity contribution is -0.150. The Morgan fingerprint density at radius 2 is 2.04 bits per heavy atom. The molecule has 1 aromatic carbocycles. The number of aryl methyl sites for hydroxylation is 1. The van der Waals surface area contributed by atoms with Crippen LogP contribution in [0.25, 0.3) is 0 Å². The molecule has 0 bridgehead atoms. The summed E-state index contributed by atoms with van der Waals surface area (Å²) in [6.07, 6.45) is 0.341. The van der Waals surface area contributed by atoms with Crippen LogP contribution < -0.4 is 10.1 Å². The minimum absolute atomic E-state index is 0.0396. The van der Waals surface area contributed by atoms with Crippen LogP contribution in [0.15, 0.2) is 18.2 Å². The smallest absolute Gasteiger partial charge is 0.344 e. The van der Waals surface area contributed by atoms with Crippen LogP contribution in [-0.2, 0) is 24.2 Å². The second-order valence-corrected chi connectivity index (χ2v) is 8.90. The molecule has 0 radical (unpaired) electrons. The molecule has 1 aromatic rings. The van der Waals surface area contributed by atoms with Crippen molar-refractivity contribution in [1.82, 2.24) is 5.32 Å². The highest BCUT2D eigenvalue weighted by molar-refractivity contribution is 7.91. The summed E-state index contributed by atoms with van der Waals surface area (Å²) in [5.74, 6) is -0.856. The summed E-state index contributed by atoms with van der Waals surface area (Å²) in [5, 5.41) is 3.19. The molecule has 1 heterocycles. The van der Waals surface area contributed by atoms with Gasteiger partial charge in [0, 0.05) is 5.02 Å². The molecule has 1 aliphatic heterocycles. The number of hydrogen-bond acceptors (Lipinski definition) is 6.